The van der Waals surface area contributed by atoms with Crippen molar-refractivity contribution < 1.29 is 9.47 Å². The van der Waals surface area contributed by atoms with Gasteiger partial charge in [-0.1, -0.05) is 11.6 Å². The van der Waals surface area contributed by atoms with Crippen molar-refractivity contribution in [2.45, 2.75) is 32.7 Å². The van der Waals surface area contributed by atoms with Crippen LogP contribution in [0, 0.1) is 0 Å². The maximum Gasteiger partial charge on any atom is 0.231 e. The van der Waals surface area contributed by atoms with Crippen LogP contribution in [0.3, 0.4) is 0 Å². The molecule has 4 heteroatoms. The lowest BCUT2D eigenvalue weighted by molar-refractivity contribution is 0.174. The topological polar surface area (TPSA) is 33.7 Å². The Morgan fingerprint density at radius 3 is 2.76 bits per heavy atom. The lowest BCUT2D eigenvalue weighted by Gasteiger charge is -2.32. The molecule has 1 aromatic rings. The molecule has 1 fully saturated rings. The number of likely N-dealkylation sites (tertiary alicyclic amines) is 1. The molecule has 0 saturated carbocycles. The lowest BCUT2D eigenvalue weighted by Crippen LogP contribution is -2.39. The third-order valence-electron chi connectivity index (χ3n) is 4.09. The van der Waals surface area contributed by atoms with Crippen LogP contribution in [0.1, 0.15) is 26.7 Å². The molecule has 2 aliphatic heterocycles. The van der Waals surface area contributed by atoms with Crippen LogP contribution in [0.15, 0.2) is 29.8 Å². The van der Waals surface area contributed by atoms with Crippen LogP contribution in [-0.4, -0.2) is 37.4 Å². The highest BCUT2D eigenvalue weighted by atomic mass is 16.7. The Hall–Kier alpha value is -1.68. The number of piperidine rings is 1. The fraction of sp³-hybridized carbons (Fsp3) is 0.529. The highest BCUT2D eigenvalue weighted by Crippen LogP contribution is 2.34. The standard InChI is InChI=1S/C17H24N2O2/c1-13(2)5-8-19-9-6-14(7-10-19)18-15-3-4-16-17(11-15)21-12-20-16/h3-5,11,14,18H,6-10,12H2,1-2H3. The zero-order chi connectivity index (χ0) is 14.7. The first-order chi connectivity index (χ1) is 10.2. The van der Waals surface area contributed by atoms with Crippen LogP contribution in [0.25, 0.3) is 0 Å². The number of ether oxygens (including phenoxy) is 2. The van der Waals surface area contributed by atoms with Gasteiger partial charge in [-0.15, -0.1) is 0 Å². The summed E-state index contributed by atoms with van der Waals surface area (Å²) in [4.78, 5) is 2.52. The van der Waals surface area contributed by atoms with E-state index in [1.807, 2.05) is 12.1 Å². The zero-order valence-corrected chi connectivity index (χ0v) is 12.9. The minimum atomic E-state index is 0.335. The van der Waals surface area contributed by atoms with Crippen LogP contribution in [0.5, 0.6) is 11.5 Å². The normalized spacial score (nSPS) is 18.6. The Morgan fingerprint density at radius 2 is 2.00 bits per heavy atom. The Morgan fingerprint density at radius 1 is 1.24 bits per heavy atom. The molecular formula is C17H24N2O2. The summed E-state index contributed by atoms with van der Waals surface area (Å²) < 4.78 is 10.8. The molecule has 0 amide bonds. The van der Waals surface area contributed by atoms with Gasteiger partial charge in [-0.05, 0) is 38.8 Å². The molecule has 1 N–H and O–H groups in total. The minimum absolute atomic E-state index is 0.335. The van der Waals surface area contributed by atoms with Gasteiger partial charge in [0.05, 0.1) is 0 Å². The lowest BCUT2D eigenvalue weighted by atomic mass is 10.0. The van der Waals surface area contributed by atoms with E-state index in [0.29, 0.717) is 12.8 Å². The maximum atomic E-state index is 5.42. The molecule has 0 aromatic heterocycles. The predicted octanol–water partition coefficient (Wildman–Crippen LogP) is 3.26. The van der Waals surface area contributed by atoms with Gasteiger partial charge in [0, 0.05) is 37.4 Å². The first-order valence-corrected chi connectivity index (χ1v) is 7.72. The van der Waals surface area contributed by atoms with Crippen molar-refractivity contribution >= 4 is 5.69 Å². The van der Waals surface area contributed by atoms with Gasteiger partial charge in [0.15, 0.2) is 11.5 Å². The van der Waals surface area contributed by atoms with Crippen molar-refractivity contribution in [1.29, 1.82) is 0 Å². The van der Waals surface area contributed by atoms with E-state index in [0.717, 1.165) is 36.8 Å². The predicted molar refractivity (Wildman–Crippen MR) is 85.1 cm³/mol. The monoisotopic (exact) mass is 288 g/mol. The van der Waals surface area contributed by atoms with Crippen LogP contribution in [-0.2, 0) is 0 Å². The molecular weight excluding hydrogens is 264 g/mol. The molecule has 0 spiro atoms. The Labute approximate surface area is 126 Å². The highest BCUT2D eigenvalue weighted by molar-refractivity contribution is 5.56. The van der Waals surface area contributed by atoms with E-state index in [9.17, 15) is 0 Å². The highest BCUT2D eigenvalue weighted by Gasteiger charge is 2.19. The first kappa shape index (κ1) is 14.3. The molecule has 21 heavy (non-hydrogen) atoms. The molecule has 0 bridgehead atoms. The number of rotatable bonds is 4. The molecule has 2 aliphatic rings. The molecule has 3 rings (SSSR count). The number of benzene rings is 1. The zero-order valence-electron chi connectivity index (χ0n) is 12.9. The molecule has 2 heterocycles. The second-order valence-electron chi connectivity index (χ2n) is 6.07. The number of hydrogen-bond acceptors (Lipinski definition) is 4. The van der Waals surface area contributed by atoms with E-state index < -0.39 is 0 Å². The minimum Gasteiger partial charge on any atom is -0.454 e. The summed E-state index contributed by atoms with van der Waals surface area (Å²) in [6.45, 7) is 8.06. The molecule has 0 aliphatic carbocycles. The van der Waals surface area contributed by atoms with Gasteiger partial charge in [-0.25, -0.2) is 0 Å². The van der Waals surface area contributed by atoms with Gasteiger partial charge in [0.25, 0.3) is 0 Å². The molecule has 1 aromatic carbocycles. The van der Waals surface area contributed by atoms with Crippen molar-refractivity contribution in [3.63, 3.8) is 0 Å². The van der Waals surface area contributed by atoms with Gasteiger partial charge in [0.2, 0.25) is 6.79 Å². The van der Waals surface area contributed by atoms with E-state index in [1.54, 1.807) is 0 Å². The number of hydrogen-bond donors (Lipinski definition) is 1. The van der Waals surface area contributed by atoms with Crippen molar-refractivity contribution in [3.8, 4) is 11.5 Å². The second-order valence-corrected chi connectivity index (χ2v) is 6.07. The second kappa shape index (κ2) is 6.39. The summed E-state index contributed by atoms with van der Waals surface area (Å²) in [6.07, 6.45) is 4.68. The van der Waals surface area contributed by atoms with Crippen LogP contribution in [0.4, 0.5) is 5.69 Å². The van der Waals surface area contributed by atoms with Gasteiger partial charge in [-0.2, -0.15) is 0 Å². The molecule has 0 unspecified atom stereocenters. The number of nitrogens with one attached hydrogen (secondary N) is 1. The third-order valence-corrected chi connectivity index (χ3v) is 4.09. The van der Waals surface area contributed by atoms with E-state index in [2.05, 4.69) is 36.2 Å². The van der Waals surface area contributed by atoms with Crippen molar-refractivity contribution in [2.24, 2.45) is 0 Å². The average Bonchev–Trinajstić information content (AvgIpc) is 2.94. The molecule has 4 nitrogen and oxygen atoms in total. The summed E-state index contributed by atoms with van der Waals surface area (Å²) in [5.41, 5.74) is 2.53. The number of fused-ring (bicyclic) bond motifs is 1. The van der Waals surface area contributed by atoms with Crippen molar-refractivity contribution in [3.05, 3.63) is 29.8 Å². The summed E-state index contributed by atoms with van der Waals surface area (Å²) in [7, 11) is 0. The Bertz CT molecular complexity index is 516. The van der Waals surface area contributed by atoms with Crippen LogP contribution in [0.2, 0.25) is 0 Å². The summed E-state index contributed by atoms with van der Waals surface area (Å²) in [5.74, 6) is 1.69. The van der Waals surface area contributed by atoms with Crippen LogP contribution < -0.4 is 14.8 Å². The average molecular weight is 288 g/mol. The summed E-state index contributed by atoms with van der Waals surface area (Å²) >= 11 is 0. The van der Waals surface area contributed by atoms with Gasteiger partial charge in [0.1, 0.15) is 0 Å². The summed E-state index contributed by atoms with van der Waals surface area (Å²) in [5, 5.41) is 3.62. The number of nitrogens with zero attached hydrogens (tertiary/aromatic N) is 1. The van der Waals surface area contributed by atoms with E-state index in [4.69, 9.17) is 9.47 Å². The molecule has 0 atom stereocenters. The molecule has 0 radical (unpaired) electrons. The van der Waals surface area contributed by atoms with Crippen molar-refractivity contribution in [1.82, 2.24) is 4.90 Å². The quantitative estimate of drug-likeness (QED) is 0.862. The molecule has 114 valence electrons. The smallest absolute Gasteiger partial charge is 0.231 e. The first-order valence-electron chi connectivity index (χ1n) is 7.72. The summed E-state index contributed by atoms with van der Waals surface area (Å²) in [6, 6.07) is 6.64. The third kappa shape index (κ3) is 3.70. The Balaban J connectivity index is 1.50. The largest absolute Gasteiger partial charge is 0.454 e. The maximum absolute atomic E-state index is 5.42. The van der Waals surface area contributed by atoms with Gasteiger partial charge >= 0.3 is 0 Å². The Kier molecular flexibility index (Phi) is 4.34. The molecule has 1 saturated heterocycles. The number of allylic oxidation sites excluding steroid dienone is 1. The number of anilines is 1. The fourth-order valence-corrected chi connectivity index (χ4v) is 2.79. The van der Waals surface area contributed by atoms with E-state index >= 15 is 0 Å². The van der Waals surface area contributed by atoms with E-state index in [1.165, 1.54) is 18.4 Å². The van der Waals surface area contributed by atoms with E-state index in [-0.39, 0.29) is 0 Å². The van der Waals surface area contributed by atoms with Gasteiger partial charge in [-0.3, -0.25) is 4.90 Å². The van der Waals surface area contributed by atoms with Crippen molar-refractivity contribution in [2.75, 3.05) is 31.7 Å². The van der Waals surface area contributed by atoms with Crippen LogP contribution >= 0.6 is 0 Å². The van der Waals surface area contributed by atoms with Gasteiger partial charge < -0.3 is 14.8 Å². The fourth-order valence-electron chi connectivity index (χ4n) is 2.79. The SMILES string of the molecule is CC(C)=CCN1CCC(Nc2ccc3c(c2)OCO3)CC1.